The molecule has 0 aromatic carbocycles. The summed E-state index contributed by atoms with van der Waals surface area (Å²) in [6, 6.07) is -2.07. The molecule has 320 valence electrons. The number of amides is 2. The maximum absolute atomic E-state index is 12.1. The largest absolute Gasteiger partial charge is 0.444 e. The second kappa shape index (κ2) is 26.1. The first kappa shape index (κ1) is 53.0. The normalized spacial score (nSPS) is 22.5. The van der Waals surface area contributed by atoms with Crippen LogP contribution in [0, 0.1) is 11.8 Å². The van der Waals surface area contributed by atoms with E-state index in [4.69, 9.17) is 19.7 Å². The number of aliphatic hydroxyl groups is 4. The van der Waals surface area contributed by atoms with E-state index < -0.39 is 90.8 Å². The number of hydrogen-bond donors (Lipinski definition) is 4. The van der Waals surface area contributed by atoms with Crippen LogP contribution in [0.25, 0.3) is 0 Å². The summed E-state index contributed by atoms with van der Waals surface area (Å²) in [7, 11) is 0. The molecule has 0 saturated carbocycles. The van der Waals surface area contributed by atoms with Crippen LogP contribution in [-0.2, 0) is 19.1 Å². The van der Waals surface area contributed by atoms with Gasteiger partial charge in [0.25, 0.3) is 0 Å². The monoisotopic (exact) mass is 890 g/mol. The second-order valence-corrected chi connectivity index (χ2v) is 31.2. The maximum atomic E-state index is 12.1. The average Bonchev–Trinajstić information content (AvgIpc) is 3.63. The van der Waals surface area contributed by atoms with Crippen molar-refractivity contribution in [3.8, 4) is 0 Å². The number of likely N-dealkylation sites (tertiary alicyclic amines) is 2. The van der Waals surface area contributed by atoms with E-state index in [1.165, 1.54) is 52.8 Å². The van der Waals surface area contributed by atoms with Crippen molar-refractivity contribution in [2.45, 2.75) is 174 Å². The Hall–Kier alpha value is -2.00. The van der Waals surface area contributed by atoms with E-state index in [1.807, 2.05) is 6.92 Å². The van der Waals surface area contributed by atoms with Gasteiger partial charge < -0.3 is 29.9 Å². The van der Waals surface area contributed by atoms with Gasteiger partial charge in [-0.2, -0.15) is 0 Å². The number of unbranched alkanes of at least 4 members (excludes halogenated alkanes) is 3. The summed E-state index contributed by atoms with van der Waals surface area (Å²) in [5.74, 6) is -1.60. The van der Waals surface area contributed by atoms with Gasteiger partial charge in [-0.3, -0.25) is 19.4 Å². The molecule has 2 aliphatic heterocycles. The van der Waals surface area contributed by atoms with Crippen molar-refractivity contribution in [2.75, 3.05) is 26.3 Å². The van der Waals surface area contributed by atoms with E-state index in [-0.39, 0.29) is 24.9 Å². The number of nitrogens with zero attached hydrogens (tertiary/aromatic N) is 2. The summed E-state index contributed by atoms with van der Waals surface area (Å²) >= 11 is -1.78. The number of Topliss-reactive ketones (excluding diaryl/α,β-unsaturated/α-hetero) is 2. The summed E-state index contributed by atoms with van der Waals surface area (Å²) in [4.78, 5) is 50.1. The molecule has 0 aliphatic carbocycles. The second-order valence-electron chi connectivity index (χ2n) is 17.1. The molecule has 2 saturated heterocycles. The average molecular weight is 890 g/mol. The van der Waals surface area contributed by atoms with E-state index in [0.717, 1.165) is 0 Å². The molecular weight excluding hydrogens is 811 g/mol. The standard InChI is InChI=1S/C14H23NO5.C13H23NO5.3C4H9.C3H5.Sn/c1-5-6-9-7-15(13(19)20-14(2,3)4)11(12(9)18)10(17)8-16;1-5-8-6-14(12(18)19-13(2,3)4)10(11(8)17)9(16)7-15;3*1-3-4-2;1-3-2;/h5,9,11-12,16,18H,1,6-8H2,2-4H3;8,10-11,15,17H,5-7H2,1-4H3;3*1,3-4H2,2H3;3H,1-2H2;/t9-,11+,12+;8-,10+,11+;;;;;/m00...../s1. The number of ketones is 2. The minimum absolute atomic E-state index is 0.173. The van der Waals surface area contributed by atoms with Crippen LogP contribution < -0.4 is 0 Å². The fourth-order valence-electron chi connectivity index (χ4n) is 7.21. The zero-order chi connectivity index (χ0) is 42.6. The van der Waals surface area contributed by atoms with Crippen molar-refractivity contribution >= 4 is 42.1 Å². The first-order valence-corrected chi connectivity index (χ1v) is 28.6. The van der Waals surface area contributed by atoms with Gasteiger partial charge in [-0.05, 0) is 54.4 Å². The van der Waals surface area contributed by atoms with Crippen LogP contribution in [0.2, 0.25) is 17.7 Å². The number of carbonyl (C=O) groups is 4. The quantitative estimate of drug-likeness (QED) is 0.0808. The first-order chi connectivity index (χ1) is 25.7. The van der Waals surface area contributed by atoms with E-state index >= 15 is 0 Å². The number of aliphatic hydroxyl groups excluding tert-OH is 4. The first-order valence-electron chi connectivity index (χ1n) is 20.5. The van der Waals surface area contributed by atoms with Crippen LogP contribution in [0.3, 0.4) is 0 Å². The third-order valence-electron chi connectivity index (χ3n) is 10.1. The number of hydrogen-bond acceptors (Lipinski definition) is 10. The molecule has 12 nitrogen and oxygen atoms in total. The van der Waals surface area contributed by atoms with Crippen molar-refractivity contribution in [3.63, 3.8) is 0 Å². The summed E-state index contributed by atoms with van der Waals surface area (Å²) in [5, 5.41) is 38.2. The van der Waals surface area contributed by atoms with Crippen molar-refractivity contribution in [1.82, 2.24) is 9.80 Å². The predicted octanol–water partition coefficient (Wildman–Crippen LogP) is 7.30. The van der Waals surface area contributed by atoms with Gasteiger partial charge >= 0.3 is 120 Å². The fraction of sp³-hybridized carbons (Fsp3) is 0.810. The van der Waals surface area contributed by atoms with Crippen LogP contribution in [0.5, 0.6) is 0 Å². The Labute approximate surface area is 337 Å². The Bertz CT molecular complexity index is 1160. The molecule has 6 atom stereocenters. The van der Waals surface area contributed by atoms with Gasteiger partial charge in [0.2, 0.25) is 0 Å². The van der Waals surface area contributed by atoms with Gasteiger partial charge in [0.15, 0.2) is 11.6 Å². The number of carbonyl (C=O) groups excluding carboxylic acids is 4. The molecule has 2 amide bonds. The molecule has 13 heteroatoms. The van der Waals surface area contributed by atoms with Crippen molar-refractivity contribution < 1.29 is 49.1 Å². The fourth-order valence-corrected chi connectivity index (χ4v) is 22.3. The molecule has 55 heavy (non-hydrogen) atoms. The summed E-state index contributed by atoms with van der Waals surface area (Å²) in [6.45, 7) is 25.9. The zero-order valence-electron chi connectivity index (χ0n) is 36.0. The summed E-state index contributed by atoms with van der Waals surface area (Å²) < 4.78 is 16.8. The molecule has 2 heterocycles. The summed E-state index contributed by atoms with van der Waals surface area (Å²) in [6.07, 6.45) is 10.4. The number of rotatable bonds is 18. The molecule has 0 spiro atoms. The molecule has 0 unspecified atom stereocenters. The SMILES string of the molecule is C=CC[C@H]1CN(C(=O)OC(C)(C)C)[C@H](C(=O)CO)[C@@H]1O.C=C[CH2][Sn]([CH2]CCC)([CH2]CCC)[CH2]CCC.CC[C@H]1CN(C(=O)OC(C)(C)C)[C@H](C(=O)CO)[C@@H]1O. The Morgan fingerprint density at radius 2 is 1.04 bits per heavy atom. The maximum Gasteiger partial charge on any atom is 0.411 e. The Balaban J connectivity index is 0.000000801. The van der Waals surface area contributed by atoms with Crippen LogP contribution in [0.1, 0.15) is 121 Å². The number of allylic oxidation sites excluding steroid dienone is 2. The van der Waals surface area contributed by atoms with E-state index in [9.17, 15) is 29.4 Å². The molecule has 2 rings (SSSR count). The van der Waals surface area contributed by atoms with Gasteiger partial charge in [0.1, 0.15) is 36.5 Å². The smallest absolute Gasteiger partial charge is 0.411 e. The Morgan fingerprint density at radius 1 is 0.673 bits per heavy atom. The topological polar surface area (TPSA) is 174 Å². The van der Waals surface area contributed by atoms with Gasteiger partial charge in [-0.25, -0.2) is 9.59 Å². The number of ether oxygens (including phenoxy) is 2. The Morgan fingerprint density at radius 3 is 1.33 bits per heavy atom. The van der Waals surface area contributed by atoms with Crippen LogP contribution in [0.4, 0.5) is 9.59 Å². The predicted molar refractivity (Wildman–Crippen MR) is 222 cm³/mol. The molecule has 2 fully saturated rings. The van der Waals surface area contributed by atoms with Crippen molar-refractivity contribution in [3.05, 3.63) is 25.3 Å². The van der Waals surface area contributed by atoms with Crippen LogP contribution >= 0.6 is 0 Å². The molecular formula is C42H78N2O10Sn. The minimum Gasteiger partial charge on any atom is -0.444 e. The van der Waals surface area contributed by atoms with E-state index in [1.54, 1.807) is 60.9 Å². The van der Waals surface area contributed by atoms with Crippen molar-refractivity contribution in [2.24, 2.45) is 11.8 Å². The molecule has 0 radical (unpaired) electrons. The van der Waals surface area contributed by atoms with Crippen molar-refractivity contribution in [1.29, 1.82) is 0 Å². The molecule has 0 aromatic rings. The third-order valence-corrected chi connectivity index (χ3v) is 25.5. The van der Waals surface area contributed by atoms with Gasteiger partial charge in [-0.1, -0.05) is 13.0 Å². The minimum atomic E-state index is -1.78. The Kier molecular flexibility index (Phi) is 25.1. The zero-order valence-corrected chi connectivity index (χ0v) is 38.8. The molecule has 0 aromatic heterocycles. The van der Waals surface area contributed by atoms with Gasteiger partial charge in [0, 0.05) is 24.9 Å². The van der Waals surface area contributed by atoms with Gasteiger partial charge in [-0.15, -0.1) is 6.58 Å². The van der Waals surface area contributed by atoms with E-state index in [0.29, 0.717) is 12.8 Å². The molecule has 0 bridgehead atoms. The summed E-state index contributed by atoms with van der Waals surface area (Å²) in [5.41, 5.74) is -1.36. The molecule has 2 aliphatic rings. The van der Waals surface area contributed by atoms with Crippen LogP contribution in [0.15, 0.2) is 25.3 Å². The third kappa shape index (κ3) is 18.4. The van der Waals surface area contributed by atoms with E-state index in [2.05, 4.69) is 40.0 Å². The van der Waals surface area contributed by atoms with Crippen LogP contribution in [-0.4, -0.2) is 134 Å². The van der Waals surface area contributed by atoms with Gasteiger partial charge in [0.05, 0.1) is 12.2 Å². The molecule has 4 N–H and O–H groups in total.